The lowest BCUT2D eigenvalue weighted by Crippen LogP contribution is -2.47. The van der Waals surface area contributed by atoms with E-state index in [1.54, 1.807) is 12.1 Å². The lowest BCUT2D eigenvalue weighted by atomic mass is 9.84. The standard InChI is InChI=1S/C17H21F2NO4/c18-16(19)24-14-3-1-12(2-4-14)10-20-11-13(15(21)22)9-17(20)5-7-23-8-6-17/h1-4,13,16H,5-11H2,(H,21,22). The van der Waals surface area contributed by atoms with Gasteiger partial charge in [-0.25, -0.2) is 0 Å². The molecule has 7 heteroatoms. The van der Waals surface area contributed by atoms with Crippen LogP contribution in [0.5, 0.6) is 5.75 Å². The van der Waals surface area contributed by atoms with Gasteiger partial charge in [0.25, 0.3) is 0 Å². The number of carboxylic acid groups (broad SMARTS) is 1. The fourth-order valence-corrected chi connectivity index (χ4v) is 3.78. The first-order valence-corrected chi connectivity index (χ1v) is 8.08. The van der Waals surface area contributed by atoms with Gasteiger partial charge in [0.1, 0.15) is 5.75 Å². The summed E-state index contributed by atoms with van der Waals surface area (Å²) in [6.07, 6.45) is 2.28. The minimum absolute atomic E-state index is 0.124. The van der Waals surface area contributed by atoms with Gasteiger partial charge < -0.3 is 14.6 Å². The SMILES string of the molecule is O=C(O)C1CN(Cc2ccc(OC(F)F)cc2)C2(CCOCC2)C1. The fourth-order valence-electron chi connectivity index (χ4n) is 3.78. The summed E-state index contributed by atoms with van der Waals surface area (Å²) >= 11 is 0. The maximum atomic E-state index is 12.2. The number of likely N-dealkylation sites (tertiary alicyclic amines) is 1. The number of hydrogen-bond acceptors (Lipinski definition) is 4. The lowest BCUT2D eigenvalue weighted by Gasteiger charge is -2.41. The molecule has 2 aliphatic rings. The summed E-state index contributed by atoms with van der Waals surface area (Å²) in [6, 6.07) is 6.53. The first kappa shape index (κ1) is 17.1. The van der Waals surface area contributed by atoms with Crippen molar-refractivity contribution in [2.24, 2.45) is 5.92 Å². The third kappa shape index (κ3) is 3.67. The molecule has 1 atom stereocenters. The zero-order valence-electron chi connectivity index (χ0n) is 13.3. The highest BCUT2D eigenvalue weighted by atomic mass is 19.3. The Kier molecular flexibility index (Phi) is 5.01. The van der Waals surface area contributed by atoms with Crippen LogP contribution in [0.15, 0.2) is 24.3 Å². The van der Waals surface area contributed by atoms with Gasteiger partial charge in [-0.3, -0.25) is 9.69 Å². The third-order valence-electron chi connectivity index (χ3n) is 5.03. The van der Waals surface area contributed by atoms with Crippen LogP contribution in [0.4, 0.5) is 8.78 Å². The Bertz CT molecular complexity index is 572. The maximum absolute atomic E-state index is 12.2. The molecular formula is C17H21F2NO4. The molecule has 0 aromatic heterocycles. The molecule has 2 aliphatic heterocycles. The second-order valence-corrected chi connectivity index (χ2v) is 6.48. The number of hydrogen-bond donors (Lipinski definition) is 1. The van der Waals surface area contributed by atoms with E-state index in [0.29, 0.717) is 32.7 Å². The number of alkyl halides is 2. The largest absolute Gasteiger partial charge is 0.481 e. The molecule has 1 spiro atoms. The van der Waals surface area contributed by atoms with Crippen molar-refractivity contribution in [3.05, 3.63) is 29.8 Å². The van der Waals surface area contributed by atoms with Gasteiger partial charge in [-0.1, -0.05) is 12.1 Å². The fraction of sp³-hybridized carbons (Fsp3) is 0.588. The van der Waals surface area contributed by atoms with Crippen LogP contribution in [0.25, 0.3) is 0 Å². The smallest absolute Gasteiger partial charge is 0.387 e. The van der Waals surface area contributed by atoms with Gasteiger partial charge in [0, 0.05) is 31.8 Å². The summed E-state index contributed by atoms with van der Waals surface area (Å²) in [4.78, 5) is 13.6. The van der Waals surface area contributed by atoms with Crippen molar-refractivity contribution in [2.45, 2.75) is 38.0 Å². The van der Waals surface area contributed by atoms with E-state index < -0.39 is 12.6 Å². The molecular weight excluding hydrogens is 320 g/mol. The van der Waals surface area contributed by atoms with Crippen molar-refractivity contribution >= 4 is 5.97 Å². The van der Waals surface area contributed by atoms with Crippen molar-refractivity contribution < 1.29 is 28.2 Å². The highest BCUT2D eigenvalue weighted by Crippen LogP contribution is 2.41. The number of ether oxygens (including phenoxy) is 2. The zero-order chi connectivity index (χ0) is 17.2. The second kappa shape index (κ2) is 7.03. The van der Waals surface area contributed by atoms with Crippen molar-refractivity contribution in [1.82, 2.24) is 4.90 Å². The molecule has 2 fully saturated rings. The van der Waals surface area contributed by atoms with Gasteiger partial charge >= 0.3 is 12.6 Å². The highest BCUT2D eigenvalue weighted by molar-refractivity contribution is 5.71. The molecule has 1 aromatic carbocycles. The molecule has 3 rings (SSSR count). The topological polar surface area (TPSA) is 59.0 Å². The predicted molar refractivity (Wildman–Crippen MR) is 82.0 cm³/mol. The van der Waals surface area contributed by atoms with Crippen molar-refractivity contribution in [2.75, 3.05) is 19.8 Å². The molecule has 1 unspecified atom stereocenters. The van der Waals surface area contributed by atoms with Gasteiger partial charge in [-0.15, -0.1) is 0 Å². The van der Waals surface area contributed by atoms with Crippen LogP contribution in [-0.4, -0.2) is 47.9 Å². The minimum atomic E-state index is -2.84. The van der Waals surface area contributed by atoms with Gasteiger partial charge in [0.05, 0.1) is 5.92 Å². The first-order valence-electron chi connectivity index (χ1n) is 8.08. The minimum Gasteiger partial charge on any atom is -0.481 e. The number of nitrogens with zero attached hydrogens (tertiary/aromatic N) is 1. The van der Waals surface area contributed by atoms with Gasteiger partial charge in [-0.2, -0.15) is 8.78 Å². The third-order valence-corrected chi connectivity index (χ3v) is 5.03. The number of benzene rings is 1. The Balaban J connectivity index is 1.72. The summed E-state index contributed by atoms with van der Waals surface area (Å²) in [6.45, 7) is -0.451. The van der Waals surface area contributed by atoms with E-state index in [-0.39, 0.29) is 17.2 Å². The van der Waals surface area contributed by atoms with Crippen molar-refractivity contribution in [1.29, 1.82) is 0 Å². The molecule has 132 valence electrons. The molecule has 24 heavy (non-hydrogen) atoms. The Hall–Kier alpha value is -1.73. The maximum Gasteiger partial charge on any atom is 0.387 e. The van der Waals surface area contributed by atoms with Crippen LogP contribution in [0, 0.1) is 5.92 Å². The lowest BCUT2D eigenvalue weighted by molar-refractivity contribution is -0.141. The van der Waals surface area contributed by atoms with E-state index in [1.165, 1.54) is 12.1 Å². The second-order valence-electron chi connectivity index (χ2n) is 6.48. The summed E-state index contributed by atoms with van der Waals surface area (Å²) in [7, 11) is 0. The van der Waals surface area contributed by atoms with Crippen LogP contribution in [-0.2, 0) is 16.1 Å². The summed E-state index contributed by atoms with van der Waals surface area (Å²) in [5.74, 6) is -1.01. The van der Waals surface area contributed by atoms with Crippen LogP contribution in [0.2, 0.25) is 0 Å². The molecule has 0 radical (unpaired) electrons. The zero-order valence-corrected chi connectivity index (χ0v) is 13.3. The molecule has 1 N–H and O–H groups in total. The number of aliphatic carboxylic acids is 1. The molecule has 2 saturated heterocycles. The molecule has 0 amide bonds. The Labute approximate surface area is 139 Å². The average molecular weight is 341 g/mol. The Morgan fingerprint density at radius 3 is 2.58 bits per heavy atom. The predicted octanol–water partition coefficient (Wildman–Crippen LogP) is 2.74. The Morgan fingerprint density at radius 1 is 1.33 bits per heavy atom. The molecule has 5 nitrogen and oxygen atoms in total. The Morgan fingerprint density at radius 2 is 2.00 bits per heavy atom. The molecule has 0 aliphatic carbocycles. The molecule has 0 saturated carbocycles. The van der Waals surface area contributed by atoms with E-state index in [0.717, 1.165) is 18.4 Å². The van der Waals surface area contributed by atoms with Crippen molar-refractivity contribution in [3.63, 3.8) is 0 Å². The average Bonchev–Trinajstić information content (AvgIpc) is 2.88. The normalized spacial score (nSPS) is 23.7. The monoisotopic (exact) mass is 341 g/mol. The number of carboxylic acids is 1. The quantitative estimate of drug-likeness (QED) is 0.892. The van der Waals surface area contributed by atoms with Crippen LogP contribution < -0.4 is 4.74 Å². The van der Waals surface area contributed by atoms with E-state index in [1.807, 2.05) is 0 Å². The van der Waals surface area contributed by atoms with Crippen LogP contribution >= 0.6 is 0 Å². The summed E-state index contributed by atoms with van der Waals surface area (Å²) in [5, 5.41) is 9.39. The van der Waals surface area contributed by atoms with E-state index in [2.05, 4.69) is 9.64 Å². The summed E-state index contributed by atoms with van der Waals surface area (Å²) < 4.78 is 34.2. The first-order chi connectivity index (χ1) is 11.5. The molecule has 1 aromatic rings. The van der Waals surface area contributed by atoms with Crippen LogP contribution in [0.1, 0.15) is 24.8 Å². The van der Waals surface area contributed by atoms with Crippen molar-refractivity contribution in [3.8, 4) is 5.75 Å². The number of carbonyl (C=O) groups is 1. The molecule has 2 heterocycles. The van der Waals surface area contributed by atoms with E-state index in [4.69, 9.17) is 4.74 Å². The van der Waals surface area contributed by atoms with Gasteiger partial charge in [-0.05, 0) is 37.0 Å². The van der Waals surface area contributed by atoms with Gasteiger partial charge in [0.15, 0.2) is 0 Å². The van der Waals surface area contributed by atoms with Gasteiger partial charge in [0.2, 0.25) is 0 Å². The summed E-state index contributed by atoms with van der Waals surface area (Å²) in [5.41, 5.74) is 0.813. The number of halogens is 2. The molecule has 0 bridgehead atoms. The van der Waals surface area contributed by atoms with E-state index in [9.17, 15) is 18.7 Å². The van der Waals surface area contributed by atoms with E-state index >= 15 is 0 Å². The highest BCUT2D eigenvalue weighted by Gasteiger charge is 2.48. The number of rotatable bonds is 5. The van der Waals surface area contributed by atoms with Crippen LogP contribution in [0.3, 0.4) is 0 Å².